The second-order valence-electron chi connectivity index (χ2n) is 7.54. The van der Waals surface area contributed by atoms with Gasteiger partial charge in [0.25, 0.3) is 0 Å². The third-order valence-electron chi connectivity index (χ3n) is 5.22. The van der Waals surface area contributed by atoms with E-state index >= 15 is 0 Å². The summed E-state index contributed by atoms with van der Waals surface area (Å²) in [7, 11) is 0. The molecule has 0 saturated heterocycles. The average Bonchev–Trinajstić information content (AvgIpc) is 2.76. The third-order valence-corrected chi connectivity index (χ3v) is 6.39. The van der Waals surface area contributed by atoms with E-state index in [1.54, 1.807) is 0 Å². The van der Waals surface area contributed by atoms with Gasteiger partial charge in [0.1, 0.15) is 0 Å². The number of carboxylic acids is 1. The van der Waals surface area contributed by atoms with Gasteiger partial charge in [-0.15, -0.1) is 11.8 Å². The predicted molar refractivity (Wildman–Crippen MR) is 125 cm³/mol. The first-order valence-electron chi connectivity index (χ1n) is 10.2. The zero-order chi connectivity index (χ0) is 22.2. The minimum atomic E-state index is -1.18. The van der Waals surface area contributed by atoms with Crippen molar-refractivity contribution >= 4 is 52.5 Å². The van der Waals surface area contributed by atoms with Crippen molar-refractivity contribution in [2.24, 2.45) is 0 Å². The highest BCUT2D eigenvalue weighted by molar-refractivity contribution is 8.00. The molecule has 0 spiro atoms. The van der Waals surface area contributed by atoms with Crippen molar-refractivity contribution < 1.29 is 19.5 Å². The molecule has 1 aliphatic carbocycles. The summed E-state index contributed by atoms with van der Waals surface area (Å²) in [5.41, 5.74) is 2.15. The zero-order valence-corrected chi connectivity index (χ0v) is 18.6. The lowest BCUT2D eigenvalue weighted by Gasteiger charge is -2.22. The van der Waals surface area contributed by atoms with Gasteiger partial charge in [-0.1, -0.05) is 43.0 Å². The molecular weight excluding hydrogens is 436 g/mol. The number of nitrogens with one attached hydrogen (secondary N) is 2. The first-order chi connectivity index (χ1) is 14.9. The number of carbonyl (C=O) groups is 3. The Balaban J connectivity index is 1.43. The van der Waals surface area contributed by atoms with Crippen molar-refractivity contribution in [2.75, 3.05) is 22.1 Å². The number of halogens is 1. The van der Waals surface area contributed by atoms with Gasteiger partial charge in [0.15, 0.2) is 0 Å². The lowest BCUT2D eigenvalue weighted by atomic mass is 9.84. The molecule has 0 bridgehead atoms. The average molecular weight is 461 g/mol. The maximum atomic E-state index is 12.2. The molecule has 31 heavy (non-hydrogen) atoms. The maximum absolute atomic E-state index is 12.2. The summed E-state index contributed by atoms with van der Waals surface area (Å²) in [6, 6.07) is 12.2. The fourth-order valence-electron chi connectivity index (χ4n) is 3.70. The molecule has 164 valence electrons. The molecule has 1 fully saturated rings. The van der Waals surface area contributed by atoms with Crippen LogP contribution in [-0.2, 0) is 9.59 Å². The lowest BCUT2D eigenvalue weighted by Crippen LogP contribution is -2.19. The van der Waals surface area contributed by atoms with E-state index in [0.29, 0.717) is 5.92 Å². The van der Waals surface area contributed by atoms with E-state index < -0.39 is 5.97 Å². The van der Waals surface area contributed by atoms with Crippen LogP contribution in [0, 0.1) is 0 Å². The van der Waals surface area contributed by atoms with Gasteiger partial charge in [-0.05, 0) is 54.7 Å². The molecule has 8 heteroatoms. The number of carboxylic acid groups (broad SMARTS) is 1. The highest BCUT2D eigenvalue weighted by Crippen LogP contribution is 2.33. The van der Waals surface area contributed by atoms with E-state index in [-0.39, 0.29) is 39.6 Å². The first-order valence-corrected chi connectivity index (χ1v) is 11.8. The molecule has 0 atom stereocenters. The topological polar surface area (TPSA) is 95.5 Å². The number of hydrogen-bond acceptors (Lipinski definition) is 4. The summed E-state index contributed by atoms with van der Waals surface area (Å²) in [5.74, 6) is -1.01. The summed E-state index contributed by atoms with van der Waals surface area (Å²) < 4.78 is 0. The van der Waals surface area contributed by atoms with Crippen molar-refractivity contribution in [3.05, 3.63) is 58.6 Å². The van der Waals surface area contributed by atoms with Gasteiger partial charge in [0.2, 0.25) is 11.8 Å². The van der Waals surface area contributed by atoms with Gasteiger partial charge in [-0.2, -0.15) is 0 Å². The van der Waals surface area contributed by atoms with Crippen molar-refractivity contribution in [3.63, 3.8) is 0 Å². The second-order valence-corrected chi connectivity index (χ2v) is 8.96. The van der Waals surface area contributed by atoms with Crippen LogP contribution in [0.5, 0.6) is 0 Å². The Morgan fingerprint density at radius 3 is 2.23 bits per heavy atom. The molecule has 0 aliphatic heterocycles. The Morgan fingerprint density at radius 2 is 1.58 bits per heavy atom. The summed E-state index contributed by atoms with van der Waals surface area (Å²) >= 11 is 6.96. The van der Waals surface area contributed by atoms with Gasteiger partial charge in [0, 0.05) is 10.7 Å². The van der Waals surface area contributed by atoms with Crippen LogP contribution in [0.3, 0.4) is 0 Å². The van der Waals surface area contributed by atoms with E-state index in [4.69, 9.17) is 11.6 Å². The number of carbonyl (C=O) groups excluding carboxylic acids is 2. The normalized spacial score (nSPS) is 14.1. The number of amides is 2. The van der Waals surface area contributed by atoms with E-state index in [1.807, 2.05) is 12.1 Å². The molecule has 1 saturated carbocycles. The third kappa shape index (κ3) is 7.01. The number of anilines is 2. The Labute approximate surface area is 190 Å². The number of thioether (sulfide) groups is 1. The van der Waals surface area contributed by atoms with Crippen LogP contribution < -0.4 is 10.6 Å². The van der Waals surface area contributed by atoms with E-state index in [1.165, 1.54) is 55.9 Å². The number of hydrogen-bond donors (Lipinski definition) is 3. The van der Waals surface area contributed by atoms with E-state index in [2.05, 4.69) is 22.8 Å². The Morgan fingerprint density at radius 1 is 0.935 bits per heavy atom. The van der Waals surface area contributed by atoms with Crippen LogP contribution in [0.4, 0.5) is 11.4 Å². The Hall–Kier alpha value is -2.51. The molecule has 2 amide bonds. The van der Waals surface area contributed by atoms with Crippen molar-refractivity contribution in [1.29, 1.82) is 0 Å². The molecule has 0 unspecified atom stereocenters. The molecular formula is C23H25ClN2O4S. The van der Waals surface area contributed by atoms with Crippen molar-refractivity contribution in [2.45, 2.75) is 38.0 Å². The standard InChI is InChI=1S/C23H25ClN2O4S/c24-17-8-11-20(19(12-17)23(29)30)26-22(28)14-31-13-21(27)25-18-9-6-16(7-10-18)15-4-2-1-3-5-15/h6-12,15H,1-5,13-14H2,(H,25,27)(H,26,28)(H,29,30). The van der Waals surface area contributed by atoms with Gasteiger partial charge < -0.3 is 15.7 Å². The van der Waals surface area contributed by atoms with Crippen LogP contribution >= 0.6 is 23.4 Å². The summed E-state index contributed by atoms with van der Waals surface area (Å²) in [5, 5.41) is 14.9. The lowest BCUT2D eigenvalue weighted by molar-refractivity contribution is -0.114. The van der Waals surface area contributed by atoms with Gasteiger partial charge in [-0.25, -0.2) is 4.79 Å². The maximum Gasteiger partial charge on any atom is 0.337 e. The smallest absolute Gasteiger partial charge is 0.337 e. The molecule has 3 N–H and O–H groups in total. The monoisotopic (exact) mass is 460 g/mol. The minimum absolute atomic E-state index is 0.0235. The summed E-state index contributed by atoms with van der Waals surface area (Å²) in [6.07, 6.45) is 6.34. The number of aromatic carboxylic acids is 1. The highest BCUT2D eigenvalue weighted by atomic mass is 35.5. The molecule has 2 aromatic rings. The fraction of sp³-hybridized carbons (Fsp3) is 0.348. The zero-order valence-electron chi connectivity index (χ0n) is 17.0. The summed E-state index contributed by atoms with van der Waals surface area (Å²) in [4.78, 5) is 35.5. The highest BCUT2D eigenvalue weighted by Gasteiger charge is 2.16. The molecule has 0 aromatic heterocycles. The Bertz CT molecular complexity index is 943. The molecule has 3 rings (SSSR count). The number of rotatable bonds is 8. The van der Waals surface area contributed by atoms with Gasteiger partial charge >= 0.3 is 5.97 Å². The Kier molecular flexibility index (Phi) is 8.37. The van der Waals surface area contributed by atoms with E-state index in [0.717, 1.165) is 17.4 Å². The van der Waals surface area contributed by atoms with E-state index in [9.17, 15) is 19.5 Å². The van der Waals surface area contributed by atoms with Gasteiger partial charge in [0.05, 0.1) is 22.8 Å². The molecule has 0 heterocycles. The van der Waals surface area contributed by atoms with Crippen LogP contribution in [0.2, 0.25) is 5.02 Å². The van der Waals surface area contributed by atoms with Gasteiger partial charge in [-0.3, -0.25) is 9.59 Å². The molecule has 2 aromatic carbocycles. The number of benzene rings is 2. The molecule has 1 aliphatic rings. The van der Waals surface area contributed by atoms with Crippen LogP contribution in [0.1, 0.15) is 53.9 Å². The van der Waals surface area contributed by atoms with Crippen LogP contribution in [0.15, 0.2) is 42.5 Å². The predicted octanol–water partition coefficient (Wildman–Crippen LogP) is 5.40. The first kappa shape index (κ1) is 23.2. The molecule has 6 nitrogen and oxygen atoms in total. The largest absolute Gasteiger partial charge is 0.478 e. The molecule has 0 radical (unpaired) electrons. The van der Waals surface area contributed by atoms with Crippen molar-refractivity contribution in [1.82, 2.24) is 0 Å². The minimum Gasteiger partial charge on any atom is -0.478 e. The van der Waals surface area contributed by atoms with Crippen LogP contribution in [0.25, 0.3) is 0 Å². The van der Waals surface area contributed by atoms with Crippen LogP contribution in [-0.4, -0.2) is 34.4 Å². The quantitative estimate of drug-likeness (QED) is 0.490. The fourth-order valence-corrected chi connectivity index (χ4v) is 4.49. The summed E-state index contributed by atoms with van der Waals surface area (Å²) in [6.45, 7) is 0. The van der Waals surface area contributed by atoms with Crippen molar-refractivity contribution in [3.8, 4) is 0 Å². The SMILES string of the molecule is O=C(CSCC(=O)Nc1ccc(Cl)cc1C(=O)O)Nc1ccc(C2CCCCC2)cc1. The second kappa shape index (κ2) is 11.2.